The summed E-state index contributed by atoms with van der Waals surface area (Å²) in [5.74, 6) is 1.81. The first-order chi connectivity index (χ1) is 14.8. The van der Waals surface area contributed by atoms with Crippen molar-refractivity contribution in [1.29, 1.82) is 0 Å². The van der Waals surface area contributed by atoms with E-state index in [1.807, 2.05) is 42.5 Å². The number of piperazine rings is 1. The van der Waals surface area contributed by atoms with Gasteiger partial charge in [0, 0.05) is 63.8 Å². The Labute approximate surface area is 177 Å². The SMILES string of the molecule is CN1CCN(CCNc2nc(NCc3ccncc3)nc(-c3ccccc3)n2)CC1. The van der Waals surface area contributed by atoms with Crippen LogP contribution in [0.2, 0.25) is 0 Å². The predicted octanol–water partition coefficient (Wildman–Crippen LogP) is 2.20. The molecule has 1 saturated heterocycles. The number of benzene rings is 1. The zero-order chi connectivity index (χ0) is 20.6. The lowest BCUT2D eigenvalue weighted by Crippen LogP contribution is -2.45. The van der Waals surface area contributed by atoms with Gasteiger partial charge >= 0.3 is 0 Å². The van der Waals surface area contributed by atoms with Crippen molar-refractivity contribution < 1.29 is 0 Å². The number of hydrogen-bond acceptors (Lipinski definition) is 8. The van der Waals surface area contributed by atoms with Crippen molar-refractivity contribution in [3.05, 3.63) is 60.4 Å². The fourth-order valence-corrected chi connectivity index (χ4v) is 3.33. The summed E-state index contributed by atoms with van der Waals surface area (Å²) < 4.78 is 0. The minimum atomic E-state index is 0.558. The number of nitrogens with one attached hydrogen (secondary N) is 2. The Morgan fingerprint density at radius 3 is 2.27 bits per heavy atom. The summed E-state index contributed by atoms with van der Waals surface area (Å²) in [7, 11) is 2.17. The molecule has 0 aliphatic carbocycles. The second kappa shape index (κ2) is 10.1. The van der Waals surface area contributed by atoms with E-state index in [2.05, 4.69) is 47.4 Å². The molecule has 1 aliphatic heterocycles. The first kappa shape index (κ1) is 20.2. The van der Waals surface area contributed by atoms with Crippen LogP contribution >= 0.6 is 0 Å². The second-order valence-corrected chi connectivity index (χ2v) is 7.45. The fourth-order valence-electron chi connectivity index (χ4n) is 3.33. The predicted molar refractivity (Wildman–Crippen MR) is 119 cm³/mol. The van der Waals surface area contributed by atoms with Gasteiger partial charge in [-0.25, -0.2) is 0 Å². The highest BCUT2D eigenvalue weighted by molar-refractivity contribution is 5.57. The molecule has 30 heavy (non-hydrogen) atoms. The molecule has 8 heteroatoms. The number of hydrogen-bond donors (Lipinski definition) is 2. The van der Waals surface area contributed by atoms with Gasteiger partial charge in [-0.15, -0.1) is 0 Å². The van der Waals surface area contributed by atoms with Gasteiger partial charge in [-0.1, -0.05) is 30.3 Å². The summed E-state index contributed by atoms with van der Waals surface area (Å²) in [5.41, 5.74) is 2.09. The van der Waals surface area contributed by atoms with E-state index in [1.54, 1.807) is 12.4 Å². The molecule has 1 aromatic carbocycles. The third-order valence-corrected chi connectivity index (χ3v) is 5.17. The summed E-state index contributed by atoms with van der Waals surface area (Å²) in [4.78, 5) is 22.7. The van der Waals surface area contributed by atoms with Crippen molar-refractivity contribution in [2.45, 2.75) is 6.54 Å². The molecule has 0 radical (unpaired) electrons. The molecule has 0 bridgehead atoms. The van der Waals surface area contributed by atoms with Gasteiger partial charge in [-0.2, -0.15) is 15.0 Å². The monoisotopic (exact) mass is 404 g/mol. The average Bonchev–Trinajstić information content (AvgIpc) is 2.80. The number of anilines is 2. The molecule has 0 unspecified atom stereocenters. The Morgan fingerprint density at radius 1 is 0.833 bits per heavy atom. The normalized spacial score (nSPS) is 15.1. The molecule has 0 atom stereocenters. The summed E-state index contributed by atoms with van der Waals surface area (Å²) in [6.07, 6.45) is 3.57. The van der Waals surface area contributed by atoms with Crippen molar-refractivity contribution in [3.8, 4) is 11.4 Å². The van der Waals surface area contributed by atoms with E-state index in [9.17, 15) is 0 Å². The van der Waals surface area contributed by atoms with Crippen molar-refractivity contribution in [2.75, 3.05) is 56.9 Å². The molecule has 0 amide bonds. The van der Waals surface area contributed by atoms with Crippen LogP contribution in [0.1, 0.15) is 5.56 Å². The molecule has 156 valence electrons. The van der Waals surface area contributed by atoms with Crippen LogP contribution in [0.3, 0.4) is 0 Å². The van der Waals surface area contributed by atoms with Crippen LogP contribution in [0.25, 0.3) is 11.4 Å². The van der Waals surface area contributed by atoms with Gasteiger partial charge in [-0.05, 0) is 24.7 Å². The zero-order valence-electron chi connectivity index (χ0n) is 17.3. The van der Waals surface area contributed by atoms with Crippen molar-refractivity contribution in [2.24, 2.45) is 0 Å². The second-order valence-electron chi connectivity index (χ2n) is 7.45. The standard InChI is InChI=1S/C22H28N8/c1-29-13-15-30(16-14-29)12-11-24-21-26-20(19-5-3-2-4-6-19)27-22(28-21)25-17-18-7-9-23-10-8-18/h2-10H,11-17H2,1H3,(H2,24,25,26,27,28). The van der Waals surface area contributed by atoms with Crippen molar-refractivity contribution in [1.82, 2.24) is 29.7 Å². The number of nitrogens with zero attached hydrogens (tertiary/aromatic N) is 6. The van der Waals surface area contributed by atoms with E-state index in [-0.39, 0.29) is 0 Å². The Balaban J connectivity index is 1.44. The maximum Gasteiger partial charge on any atom is 0.228 e. The van der Waals surface area contributed by atoms with Crippen LogP contribution in [-0.2, 0) is 6.54 Å². The van der Waals surface area contributed by atoms with Gasteiger partial charge in [0.25, 0.3) is 0 Å². The molecule has 3 heterocycles. The Kier molecular flexibility index (Phi) is 6.79. The molecule has 1 fully saturated rings. The van der Waals surface area contributed by atoms with Crippen LogP contribution in [0.5, 0.6) is 0 Å². The average molecular weight is 405 g/mol. The third-order valence-electron chi connectivity index (χ3n) is 5.17. The van der Waals surface area contributed by atoms with E-state index in [0.717, 1.165) is 50.4 Å². The molecule has 3 aromatic rings. The topological polar surface area (TPSA) is 82.1 Å². The van der Waals surface area contributed by atoms with Gasteiger partial charge in [0.15, 0.2) is 5.82 Å². The minimum absolute atomic E-state index is 0.558. The summed E-state index contributed by atoms with van der Waals surface area (Å²) in [6, 6.07) is 13.9. The minimum Gasteiger partial charge on any atom is -0.353 e. The first-order valence-electron chi connectivity index (χ1n) is 10.4. The lowest BCUT2D eigenvalue weighted by molar-refractivity contribution is 0.158. The van der Waals surface area contributed by atoms with Crippen molar-refractivity contribution >= 4 is 11.9 Å². The molecule has 1 aliphatic rings. The lowest BCUT2D eigenvalue weighted by atomic mass is 10.2. The highest BCUT2D eigenvalue weighted by atomic mass is 15.3. The van der Waals surface area contributed by atoms with E-state index < -0.39 is 0 Å². The van der Waals surface area contributed by atoms with Crippen molar-refractivity contribution in [3.63, 3.8) is 0 Å². The smallest absolute Gasteiger partial charge is 0.228 e. The summed E-state index contributed by atoms with van der Waals surface area (Å²) >= 11 is 0. The summed E-state index contributed by atoms with van der Waals surface area (Å²) in [6.45, 7) is 6.83. The van der Waals surface area contributed by atoms with E-state index in [1.165, 1.54) is 0 Å². The Hall–Kier alpha value is -3.10. The molecule has 2 aromatic heterocycles. The van der Waals surface area contributed by atoms with Crippen LogP contribution in [-0.4, -0.2) is 76.1 Å². The molecular formula is C22H28N8. The van der Waals surface area contributed by atoms with E-state index in [4.69, 9.17) is 0 Å². The number of aromatic nitrogens is 4. The van der Waals surface area contributed by atoms with Crippen LogP contribution in [0.15, 0.2) is 54.9 Å². The molecule has 2 N–H and O–H groups in total. The molecular weight excluding hydrogens is 376 g/mol. The molecule has 8 nitrogen and oxygen atoms in total. The molecule has 4 rings (SSSR count). The highest BCUT2D eigenvalue weighted by Gasteiger charge is 2.14. The van der Waals surface area contributed by atoms with Gasteiger partial charge in [0.1, 0.15) is 0 Å². The van der Waals surface area contributed by atoms with Gasteiger partial charge in [0.05, 0.1) is 0 Å². The largest absolute Gasteiger partial charge is 0.353 e. The number of likely N-dealkylation sites (N-methyl/N-ethyl adjacent to an activating group) is 1. The maximum atomic E-state index is 4.64. The summed E-state index contributed by atoms with van der Waals surface area (Å²) in [5, 5.41) is 6.69. The van der Waals surface area contributed by atoms with E-state index in [0.29, 0.717) is 24.3 Å². The van der Waals surface area contributed by atoms with Gasteiger partial charge in [0.2, 0.25) is 11.9 Å². The third kappa shape index (κ3) is 5.71. The van der Waals surface area contributed by atoms with Crippen LogP contribution in [0, 0.1) is 0 Å². The van der Waals surface area contributed by atoms with Crippen LogP contribution in [0.4, 0.5) is 11.9 Å². The quantitative estimate of drug-likeness (QED) is 0.591. The molecule has 0 spiro atoms. The van der Waals surface area contributed by atoms with E-state index >= 15 is 0 Å². The Bertz CT molecular complexity index is 911. The lowest BCUT2D eigenvalue weighted by Gasteiger charge is -2.32. The first-order valence-corrected chi connectivity index (χ1v) is 10.4. The highest BCUT2D eigenvalue weighted by Crippen LogP contribution is 2.18. The fraction of sp³-hybridized carbons (Fsp3) is 0.364. The zero-order valence-corrected chi connectivity index (χ0v) is 17.3. The number of pyridine rings is 1. The molecule has 0 saturated carbocycles. The van der Waals surface area contributed by atoms with Gasteiger partial charge < -0.3 is 15.5 Å². The number of rotatable bonds is 8. The van der Waals surface area contributed by atoms with Gasteiger partial charge in [-0.3, -0.25) is 9.88 Å². The van der Waals surface area contributed by atoms with Crippen LogP contribution < -0.4 is 10.6 Å². The maximum absolute atomic E-state index is 4.64. The Morgan fingerprint density at radius 2 is 1.53 bits per heavy atom.